The summed E-state index contributed by atoms with van der Waals surface area (Å²) in [6, 6.07) is 0. The zero-order valence-corrected chi connectivity index (χ0v) is 10.4. The topological polar surface area (TPSA) is 72.2 Å². The molecule has 90 valence electrons. The molecule has 0 aromatic heterocycles. The van der Waals surface area contributed by atoms with Crippen molar-refractivity contribution in [2.75, 3.05) is 13.1 Å². The van der Waals surface area contributed by atoms with E-state index in [2.05, 4.69) is 11.6 Å². The fourth-order valence-corrected chi connectivity index (χ4v) is 3.02. The summed E-state index contributed by atoms with van der Waals surface area (Å²) < 4.78 is 25.9. The summed E-state index contributed by atoms with van der Waals surface area (Å²) in [5, 5.41) is -0.490. The zero-order valence-electron chi connectivity index (χ0n) is 9.57. The van der Waals surface area contributed by atoms with Crippen LogP contribution in [0.2, 0.25) is 0 Å². The smallest absolute Gasteiger partial charge is 0.215 e. The lowest BCUT2D eigenvalue weighted by atomic mass is 10.1. The second kappa shape index (κ2) is 5.27. The van der Waals surface area contributed by atoms with Crippen LogP contribution >= 0.6 is 0 Å². The number of hydrogen-bond acceptors (Lipinski definition) is 3. The van der Waals surface area contributed by atoms with Gasteiger partial charge in [-0.3, -0.25) is 0 Å². The van der Waals surface area contributed by atoms with Crippen LogP contribution in [0.4, 0.5) is 0 Å². The third kappa shape index (κ3) is 3.74. The molecule has 1 rings (SSSR count). The Bertz CT molecular complexity index is 290. The number of sulfonamides is 1. The molecular weight excluding hydrogens is 212 g/mol. The molecule has 0 heterocycles. The van der Waals surface area contributed by atoms with E-state index in [9.17, 15) is 8.42 Å². The van der Waals surface area contributed by atoms with Crippen LogP contribution < -0.4 is 10.5 Å². The van der Waals surface area contributed by atoms with Crippen LogP contribution in [0.15, 0.2) is 0 Å². The first-order valence-electron chi connectivity index (χ1n) is 5.64. The highest BCUT2D eigenvalue weighted by atomic mass is 32.2. The van der Waals surface area contributed by atoms with Gasteiger partial charge in [0.1, 0.15) is 0 Å². The Morgan fingerprint density at radius 1 is 1.47 bits per heavy atom. The van der Waals surface area contributed by atoms with E-state index in [-0.39, 0.29) is 6.54 Å². The van der Waals surface area contributed by atoms with E-state index in [1.165, 1.54) is 6.42 Å². The predicted octanol–water partition coefficient (Wildman–Crippen LogP) is 0.689. The summed E-state index contributed by atoms with van der Waals surface area (Å²) in [6.07, 6.45) is 3.50. The molecule has 0 bridgehead atoms. The third-order valence-corrected chi connectivity index (χ3v) is 5.06. The molecule has 0 amide bonds. The van der Waals surface area contributed by atoms with Gasteiger partial charge in [0, 0.05) is 13.1 Å². The molecule has 0 spiro atoms. The first-order valence-corrected chi connectivity index (χ1v) is 7.19. The van der Waals surface area contributed by atoms with Gasteiger partial charge < -0.3 is 5.73 Å². The number of nitrogens with two attached hydrogens (primary N) is 1. The van der Waals surface area contributed by atoms with Crippen LogP contribution in [0.3, 0.4) is 0 Å². The third-order valence-electron chi connectivity index (χ3n) is 3.24. The lowest BCUT2D eigenvalue weighted by Crippen LogP contribution is -2.39. The van der Waals surface area contributed by atoms with Crippen LogP contribution in [-0.4, -0.2) is 26.8 Å². The Morgan fingerprint density at radius 2 is 2.13 bits per heavy atom. The van der Waals surface area contributed by atoms with E-state index in [0.717, 1.165) is 18.8 Å². The van der Waals surface area contributed by atoms with Crippen molar-refractivity contribution in [2.45, 2.75) is 38.4 Å². The fraction of sp³-hybridized carbons (Fsp3) is 1.00. The molecule has 1 aliphatic rings. The van der Waals surface area contributed by atoms with E-state index in [4.69, 9.17) is 5.73 Å². The Balaban J connectivity index is 2.36. The van der Waals surface area contributed by atoms with Gasteiger partial charge in [-0.25, -0.2) is 13.1 Å². The molecule has 3 atom stereocenters. The van der Waals surface area contributed by atoms with Crippen molar-refractivity contribution >= 4 is 10.0 Å². The van der Waals surface area contributed by atoms with Gasteiger partial charge in [0.05, 0.1) is 5.25 Å². The molecule has 1 aliphatic carbocycles. The Labute approximate surface area is 92.7 Å². The highest BCUT2D eigenvalue weighted by molar-refractivity contribution is 7.90. The van der Waals surface area contributed by atoms with E-state index in [0.29, 0.717) is 12.5 Å². The van der Waals surface area contributed by atoms with Gasteiger partial charge in [0.2, 0.25) is 10.0 Å². The minimum Gasteiger partial charge on any atom is -0.329 e. The van der Waals surface area contributed by atoms with Gasteiger partial charge >= 0.3 is 0 Å². The maximum Gasteiger partial charge on any atom is 0.215 e. The fourth-order valence-electron chi connectivity index (χ4n) is 2.01. The minimum atomic E-state index is -3.19. The van der Waals surface area contributed by atoms with Crippen molar-refractivity contribution in [1.82, 2.24) is 4.72 Å². The van der Waals surface area contributed by atoms with E-state index in [1.807, 2.05) is 0 Å². The normalized spacial score (nSPS) is 29.3. The summed E-state index contributed by atoms with van der Waals surface area (Å²) in [4.78, 5) is 0. The summed E-state index contributed by atoms with van der Waals surface area (Å²) >= 11 is 0. The summed E-state index contributed by atoms with van der Waals surface area (Å²) in [6.45, 7) is 4.62. The number of hydrogen-bond donors (Lipinski definition) is 2. The zero-order chi connectivity index (χ0) is 11.5. The van der Waals surface area contributed by atoms with Crippen LogP contribution in [0.5, 0.6) is 0 Å². The molecule has 0 aliphatic heterocycles. The van der Waals surface area contributed by atoms with Crippen LogP contribution in [0.1, 0.15) is 33.1 Å². The molecule has 15 heavy (non-hydrogen) atoms. The van der Waals surface area contributed by atoms with Gasteiger partial charge in [-0.05, 0) is 31.6 Å². The predicted molar refractivity (Wildman–Crippen MR) is 61.9 cm³/mol. The quantitative estimate of drug-likeness (QED) is 0.735. The standard InChI is InChI=1S/C10H22N2O2S/c1-8-3-4-10(5-8)7-12-15(13,14)9(2)6-11/h8-10,12H,3-7,11H2,1-2H3. The maximum atomic E-state index is 11.6. The van der Waals surface area contributed by atoms with Crippen LogP contribution in [-0.2, 0) is 10.0 Å². The van der Waals surface area contributed by atoms with Crippen molar-refractivity contribution in [2.24, 2.45) is 17.6 Å². The average molecular weight is 234 g/mol. The first kappa shape index (κ1) is 12.9. The van der Waals surface area contributed by atoms with Crippen molar-refractivity contribution in [3.05, 3.63) is 0 Å². The largest absolute Gasteiger partial charge is 0.329 e. The molecule has 0 aromatic rings. The molecular formula is C10H22N2O2S. The van der Waals surface area contributed by atoms with Crippen LogP contribution in [0.25, 0.3) is 0 Å². The average Bonchev–Trinajstić information content (AvgIpc) is 2.60. The SMILES string of the molecule is CC1CCC(CNS(=O)(=O)C(C)CN)C1. The molecule has 0 saturated heterocycles. The molecule has 0 aromatic carbocycles. The van der Waals surface area contributed by atoms with Crippen molar-refractivity contribution in [3.63, 3.8) is 0 Å². The molecule has 0 radical (unpaired) electrons. The number of nitrogens with one attached hydrogen (secondary N) is 1. The summed E-state index contributed by atoms with van der Waals surface area (Å²) in [5.74, 6) is 1.26. The lowest BCUT2D eigenvalue weighted by molar-refractivity contribution is 0.495. The second-order valence-electron chi connectivity index (χ2n) is 4.72. The van der Waals surface area contributed by atoms with Crippen LogP contribution in [0, 0.1) is 11.8 Å². The highest BCUT2D eigenvalue weighted by Gasteiger charge is 2.24. The van der Waals surface area contributed by atoms with Gasteiger partial charge in [-0.2, -0.15) is 0 Å². The molecule has 3 unspecified atom stereocenters. The Hall–Kier alpha value is -0.130. The highest BCUT2D eigenvalue weighted by Crippen LogP contribution is 2.29. The molecule has 1 fully saturated rings. The van der Waals surface area contributed by atoms with Crippen molar-refractivity contribution in [1.29, 1.82) is 0 Å². The Kier molecular flexibility index (Phi) is 4.55. The summed E-state index contributed by atoms with van der Waals surface area (Å²) in [5.41, 5.74) is 5.34. The minimum absolute atomic E-state index is 0.177. The number of rotatable bonds is 5. The van der Waals surface area contributed by atoms with Gasteiger partial charge in [-0.15, -0.1) is 0 Å². The van der Waals surface area contributed by atoms with E-state index < -0.39 is 15.3 Å². The monoisotopic (exact) mass is 234 g/mol. The molecule has 4 nitrogen and oxygen atoms in total. The van der Waals surface area contributed by atoms with Gasteiger partial charge in [0.25, 0.3) is 0 Å². The lowest BCUT2D eigenvalue weighted by Gasteiger charge is -2.15. The molecule has 3 N–H and O–H groups in total. The maximum absolute atomic E-state index is 11.6. The molecule has 1 saturated carbocycles. The van der Waals surface area contributed by atoms with E-state index >= 15 is 0 Å². The molecule has 5 heteroatoms. The van der Waals surface area contributed by atoms with E-state index in [1.54, 1.807) is 6.92 Å². The second-order valence-corrected chi connectivity index (χ2v) is 6.91. The van der Waals surface area contributed by atoms with Gasteiger partial charge in [0.15, 0.2) is 0 Å². The summed E-state index contributed by atoms with van der Waals surface area (Å²) in [7, 11) is -3.19. The van der Waals surface area contributed by atoms with Crippen molar-refractivity contribution in [3.8, 4) is 0 Å². The Morgan fingerprint density at radius 3 is 2.60 bits per heavy atom. The van der Waals surface area contributed by atoms with Gasteiger partial charge in [-0.1, -0.05) is 13.3 Å². The van der Waals surface area contributed by atoms with Crippen molar-refractivity contribution < 1.29 is 8.42 Å². The first-order chi connectivity index (χ1) is 6.95.